The Morgan fingerprint density at radius 1 is 1.02 bits per heavy atom. The summed E-state index contributed by atoms with van der Waals surface area (Å²) in [5.74, 6) is -0.775. The number of nitrogens with zero attached hydrogens (tertiary/aromatic N) is 5. The molecule has 4 aromatic rings. The summed E-state index contributed by atoms with van der Waals surface area (Å²) in [5, 5.41) is 11.5. The van der Waals surface area contributed by atoms with Crippen molar-refractivity contribution < 1.29 is 19.4 Å². The first-order valence-corrected chi connectivity index (χ1v) is 13.7. The van der Waals surface area contributed by atoms with Gasteiger partial charge in [-0.2, -0.15) is 0 Å². The Morgan fingerprint density at radius 2 is 1.66 bits per heavy atom. The molecule has 5 rings (SSSR count). The van der Waals surface area contributed by atoms with Crippen LogP contribution in [0.1, 0.15) is 59.6 Å². The van der Waals surface area contributed by atoms with Crippen molar-refractivity contribution in [3.63, 3.8) is 0 Å². The van der Waals surface area contributed by atoms with Crippen LogP contribution in [0.4, 0.5) is 11.6 Å². The molecule has 9 nitrogen and oxygen atoms in total. The highest BCUT2D eigenvalue weighted by atomic mass is 16.5. The van der Waals surface area contributed by atoms with Gasteiger partial charge in [-0.3, -0.25) is 4.79 Å². The fraction of sp³-hybridized carbons (Fsp3) is 0.375. The number of amides is 1. The fourth-order valence-electron chi connectivity index (χ4n) is 5.67. The van der Waals surface area contributed by atoms with Gasteiger partial charge in [0.25, 0.3) is 5.91 Å². The molecule has 0 radical (unpaired) electrons. The maximum Gasteiger partial charge on any atom is 0.337 e. The van der Waals surface area contributed by atoms with E-state index in [0.29, 0.717) is 30.2 Å². The highest BCUT2D eigenvalue weighted by Gasteiger charge is 2.36. The standard InChI is InChI=1S/C32H37N5O4/c1-18-9-11-21(12-10-18)25-23-15-19(2)36-13-14-37(31-33-16-22(17-34-31)29(38)35(7)8)26(27(23)36)20(3)24(25)28(30(39)40)41-32(4,5)6/h9-12,15-17,28H,13-14H2,1-8H3,(H,39,40)/t28-/m0/s1. The molecule has 1 atom stereocenters. The number of aromatic nitrogens is 3. The number of benzene rings is 2. The molecule has 2 aromatic heterocycles. The first kappa shape index (κ1) is 28.3. The number of carboxylic acids is 1. The lowest BCUT2D eigenvalue weighted by Gasteiger charge is -2.35. The Balaban J connectivity index is 1.82. The van der Waals surface area contributed by atoms with E-state index in [1.54, 1.807) is 26.5 Å². The molecule has 41 heavy (non-hydrogen) atoms. The third-order valence-electron chi connectivity index (χ3n) is 7.47. The number of aryl methyl sites for hydroxylation is 2. The molecule has 0 saturated carbocycles. The van der Waals surface area contributed by atoms with Gasteiger partial charge in [-0.1, -0.05) is 29.8 Å². The van der Waals surface area contributed by atoms with Crippen LogP contribution in [0.2, 0.25) is 0 Å². The van der Waals surface area contributed by atoms with Gasteiger partial charge in [0.1, 0.15) is 0 Å². The van der Waals surface area contributed by atoms with Gasteiger partial charge in [0.2, 0.25) is 5.95 Å². The van der Waals surface area contributed by atoms with Crippen molar-refractivity contribution >= 4 is 34.4 Å². The van der Waals surface area contributed by atoms with Gasteiger partial charge < -0.3 is 24.2 Å². The van der Waals surface area contributed by atoms with Gasteiger partial charge in [0, 0.05) is 56.2 Å². The highest BCUT2D eigenvalue weighted by molar-refractivity contribution is 6.08. The fourth-order valence-corrected chi connectivity index (χ4v) is 5.67. The van der Waals surface area contributed by atoms with Crippen LogP contribution in [0.5, 0.6) is 0 Å². The van der Waals surface area contributed by atoms with E-state index in [-0.39, 0.29) is 5.91 Å². The van der Waals surface area contributed by atoms with Crippen LogP contribution >= 0.6 is 0 Å². The molecule has 0 bridgehead atoms. The smallest absolute Gasteiger partial charge is 0.337 e. The van der Waals surface area contributed by atoms with E-state index in [2.05, 4.69) is 27.5 Å². The third-order valence-corrected chi connectivity index (χ3v) is 7.47. The molecule has 0 unspecified atom stereocenters. The minimum atomic E-state index is -1.21. The Morgan fingerprint density at radius 3 is 2.22 bits per heavy atom. The summed E-state index contributed by atoms with van der Waals surface area (Å²) in [6.45, 7) is 12.9. The molecule has 1 aliphatic heterocycles. The van der Waals surface area contributed by atoms with Crippen molar-refractivity contribution in [1.29, 1.82) is 0 Å². The molecule has 1 amide bonds. The Bertz CT molecular complexity index is 1650. The molecule has 2 aromatic carbocycles. The quantitative estimate of drug-likeness (QED) is 0.320. The van der Waals surface area contributed by atoms with Gasteiger partial charge >= 0.3 is 5.97 Å². The summed E-state index contributed by atoms with van der Waals surface area (Å²) < 4.78 is 8.54. The molecule has 0 aliphatic carbocycles. The zero-order valence-corrected chi connectivity index (χ0v) is 24.9. The molecule has 0 fully saturated rings. The molecule has 1 N–H and O–H groups in total. The Labute approximate surface area is 240 Å². The summed E-state index contributed by atoms with van der Waals surface area (Å²) in [4.78, 5) is 38.0. The molecular formula is C32H37N5O4. The van der Waals surface area contributed by atoms with Gasteiger partial charge in [0.05, 0.1) is 22.4 Å². The Hall–Kier alpha value is -4.24. The van der Waals surface area contributed by atoms with Gasteiger partial charge in [-0.25, -0.2) is 14.8 Å². The van der Waals surface area contributed by atoms with E-state index in [9.17, 15) is 14.7 Å². The number of carboxylic acid groups (broad SMARTS) is 1. The van der Waals surface area contributed by atoms with Crippen LogP contribution in [-0.4, -0.2) is 62.7 Å². The molecular weight excluding hydrogens is 518 g/mol. The second kappa shape index (κ2) is 10.3. The number of carbonyl (C=O) groups is 2. The minimum absolute atomic E-state index is 0.174. The molecule has 1 aliphatic rings. The molecule has 0 spiro atoms. The largest absolute Gasteiger partial charge is 0.479 e. The zero-order valence-electron chi connectivity index (χ0n) is 24.9. The first-order valence-electron chi connectivity index (χ1n) is 13.7. The third kappa shape index (κ3) is 5.06. The van der Waals surface area contributed by atoms with Crippen molar-refractivity contribution in [2.45, 2.75) is 59.8 Å². The van der Waals surface area contributed by atoms with Crippen molar-refractivity contribution in [1.82, 2.24) is 19.4 Å². The number of ether oxygens (including phenoxy) is 1. The average Bonchev–Trinajstić information content (AvgIpc) is 3.25. The predicted molar refractivity (Wildman–Crippen MR) is 160 cm³/mol. The van der Waals surface area contributed by atoms with Gasteiger partial charge in [0.15, 0.2) is 6.10 Å². The van der Waals surface area contributed by atoms with Crippen LogP contribution in [0, 0.1) is 20.8 Å². The number of rotatable bonds is 6. The van der Waals surface area contributed by atoms with Crippen molar-refractivity contribution in [3.8, 4) is 11.1 Å². The number of anilines is 2. The average molecular weight is 556 g/mol. The maximum absolute atomic E-state index is 12.9. The normalized spacial score (nSPS) is 13.9. The summed E-state index contributed by atoms with van der Waals surface area (Å²) in [6, 6.07) is 10.3. The SMILES string of the molecule is Cc1ccc(-c2c([C@H](OC(C)(C)C)C(=O)O)c(C)c3c4c2cc(C)n4CCN3c2ncc(C(=O)N(C)C)cn2)cc1. The van der Waals surface area contributed by atoms with Crippen LogP contribution in [0.3, 0.4) is 0 Å². The Kier molecular flexibility index (Phi) is 7.11. The lowest BCUT2D eigenvalue weighted by Crippen LogP contribution is -2.32. The summed E-state index contributed by atoms with van der Waals surface area (Å²) in [5.41, 5.74) is 6.95. The zero-order chi connectivity index (χ0) is 29.8. The molecule has 3 heterocycles. The number of hydrogen-bond donors (Lipinski definition) is 1. The lowest BCUT2D eigenvalue weighted by atomic mass is 9.87. The summed E-state index contributed by atoms with van der Waals surface area (Å²) in [7, 11) is 3.38. The first-order chi connectivity index (χ1) is 19.3. The van der Waals surface area contributed by atoms with E-state index in [1.165, 1.54) is 4.90 Å². The second-order valence-electron chi connectivity index (χ2n) is 11.9. The monoisotopic (exact) mass is 555 g/mol. The second-order valence-corrected chi connectivity index (χ2v) is 11.9. The van der Waals surface area contributed by atoms with Crippen LogP contribution < -0.4 is 4.90 Å². The minimum Gasteiger partial charge on any atom is -0.479 e. The van der Waals surface area contributed by atoms with E-state index in [1.807, 2.05) is 63.8 Å². The van der Waals surface area contributed by atoms with Crippen molar-refractivity contribution in [2.24, 2.45) is 0 Å². The lowest BCUT2D eigenvalue weighted by molar-refractivity contribution is -0.160. The van der Waals surface area contributed by atoms with Crippen LogP contribution in [0.15, 0.2) is 42.7 Å². The topological polar surface area (TPSA) is 101 Å². The van der Waals surface area contributed by atoms with Crippen LogP contribution in [-0.2, 0) is 16.1 Å². The van der Waals surface area contributed by atoms with E-state index < -0.39 is 17.7 Å². The number of hydrogen-bond acceptors (Lipinski definition) is 6. The van der Waals surface area contributed by atoms with E-state index >= 15 is 0 Å². The summed E-state index contributed by atoms with van der Waals surface area (Å²) >= 11 is 0. The van der Waals surface area contributed by atoms with E-state index in [4.69, 9.17) is 4.74 Å². The van der Waals surface area contributed by atoms with Crippen molar-refractivity contribution in [2.75, 3.05) is 25.5 Å². The highest BCUT2D eigenvalue weighted by Crippen LogP contribution is 2.49. The van der Waals surface area contributed by atoms with Crippen molar-refractivity contribution in [3.05, 3.63) is 70.7 Å². The molecule has 0 saturated heterocycles. The maximum atomic E-state index is 12.9. The van der Waals surface area contributed by atoms with Gasteiger partial charge in [-0.15, -0.1) is 0 Å². The molecule has 9 heteroatoms. The van der Waals surface area contributed by atoms with E-state index in [0.717, 1.165) is 44.5 Å². The van der Waals surface area contributed by atoms with Crippen LogP contribution in [0.25, 0.3) is 22.0 Å². The molecule has 214 valence electrons. The number of carbonyl (C=O) groups excluding carboxylic acids is 1. The van der Waals surface area contributed by atoms with Gasteiger partial charge in [-0.05, 0) is 64.3 Å². The summed E-state index contributed by atoms with van der Waals surface area (Å²) in [6.07, 6.45) is 1.88. The predicted octanol–water partition coefficient (Wildman–Crippen LogP) is 5.82. The number of aliphatic carboxylic acids is 1.